The molecule has 24 heavy (non-hydrogen) atoms. The molecule has 0 atom stereocenters. The number of methoxy groups -OCH3 is 1. The molecule has 0 saturated carbocycles. The Hall–Kier alpha value is -2.44. The number of carbonyl (C=O) groups is 2. The fraction of sp³-hybridized carbons (Fsp3) is 0.125. The number of carboxylic acid groups (broad SMARTS) is 1. The number of halogens is 2. The van der Waals surface area contributed by atoms with Crippen LogP contribution < -0.4 is 14.8 Å². The van der Waals surface area contributed by atoms with E-state index in [9.17, 15) is 9.59 Å². The Kier molecular flexibility index (Phi) is 5.89. The van der Waals surface area contributed by atoms with Crippen LogP contribution in [-0.2, 0) is 4.79 Å². The van der Waals surface area contributed by atoms with Crippen molar-refractivity contribution in [3.05, 3.63) is 52.0 Å². The summed E-state index contributed by atoms with van der Waals surface area (Å²) < 4.78 is 10.4. The van der Waals surface area contributed by atoms with E-state index in [0.717, 1.165) is 0 Å². The predicted molar refractivity (Wildman–Crippen MR) is 90.5 cm³/mol. The van der Waals surface area contributed by atoms with Crippen LogP contribution in [0.4, 0.5) is 5.69 Å². The van der Waals surface area contributed by atoms with E-state index in [1.807, 2.05) is 0 Å². The molecule has 0 aromatic heterocycles. The maximum Gasteiger partial charge on any atom is 0.335 e. The lowest BCUT2D eigenvalue weighted by atomic mass is 10.2. The molecule has 0 bridgehead atoms. The van der Waals surface area contributed by atoms with Gasteiger partial charge in [0.05, 0.1) is 12.7 Å². The van der Waals surface area contributed by atoms with Gasteiger partial charge in [-0.15, -0.1) is 0 Å². The Labute approximate surface area is 147 Å². The minimum Gasteiger partial charge on any atom is -0.493 e. The first-order valence-corrected chi connectivity index (χ1v) is 7.44. The molecular formula is C16H13Cl2NO5. The van der Waals surface area contributed by atoms with Gasteiger partial charge in [-0.25, -0.2) is 4.79 Å². The average Bonchev–Trinajstić information content (AvgIpc) is 2.51. The summed E-state index contributed by atoms with van der Waals surface area (Å²) in [4.78, 5) is 22.8. The lowest BCUT2D eigenvalue weighted by molar-refractivity contribution is -0.118. The fourth-order valence-corrected chi connectivity index (χ4v) is 2.41. The summed E-state index contributed by atoms with van der Waals surface area (Å²) in [5.41, 5.74) is 0.492. The maximum atomic E-state index is 11.9. The molecule has 0 aliphatic rings. The molecule has 0 aliphatic heterocycles. The second-order valence-corrected chi connectivity index (χ2v) is 5.54. The SMILES string of the molecule is COc1cc(C(=O)O)ccc1OCC(=O)Nc1cc(Cl)cc(Cl)c1. The number of hydrogen-bond acceptors (Lipinski definition) is 4. The van der Waals surface area contributed by atoms with Crippen LogP contribution >= 0.6 is 23.2 Å². The van der Waals surface area contributed by atoms with Crippen LogP contribution in [-0.4, -0.2) is 30.7 Å². The van der Waals surface area contributed by atoms with Crippen LogP contribution in [0.25, 0.3) is 0 Å². The molecule has 1 amide bonds. The molecule has 2 rings (SSSR count). The van der Waals surface area contributed by atoms with Crippen molar-refractivity contribution in [3.63, 3.8) is 0 Å². The number of hydrogen-bond donors (Lipinski definition) is 2. The zero-order valence-electron chi connectivity index (χ0n) is 12.5. The van der Waals surface area contributed by atoms with E-state index in [-0.39, 0.29) is 23.7 Å². The monoisotopic (exact) mass is 369 g/mol. The van der Waals surface area contributed by atoms with Gasteiger partial charge < -0.3 is 19.9 Å². The van der Waals surface area contributed by atoms with Crippen molar-refractivity contribution in [2.75, 3.05) is 19.0 Å². The molecule has 2 aromatic rings. The number of aromatic carboxylic acids is 1. The third-order valence-corrected chi connectivity index (χ3v) is 3.35. The molecule has 0 saturated heterocycles. The van der Waals surface area contributed by atoms with Crippen LogP contribution in [0.2, 0.25) is 10.0 Å². The molecule has 8 heteroatoms. The van der Waals surface area contributed by atoms with Crippen molar-refractivity contribution in [1.29, 1.82) is 0 Å². The Balaban J connectivity index is 2.02. The quantitative estimate of drug-likeness (QED) is 0.810. The summed E-state index contributed by atoms with van der Waals surface area (Å²) in [5.74, 6) is -1.05. The molecule has 126 valence electrons. The second kappa shape index (κ2) is 7.90. The molecule has 2 N–H and O–H groups in total. The van der Waals surface area contributed by atoms with Crippen molar-refractivity contribution in [2.24, 2.45) is 0 Å². The average molecular weight is 370 g/mol. The Morgan fingerprint density at radius 3 is 2.33 bits per heavy atom. The number of benzene rings is 2. The molecular weight excluding hydrogens is 357 g/mol. The first kappa shape index (κ1) is 17.9. The first-order chi connectivity index (χ1) is 11.4. The van der Waals surface area contributed by atoms with Crippen molar-refractivity contribution < 1.29 is 24.2 Å². The lowest BCUT2D eigenvalue weighted by Gasteiger charge is -2.11. The van der Waals surface area contributed by atoms with Crippen LogP contribution in [0.1, 0.15) is 10.4 Å². The number of ether oxygens (including phenoxy) is 2. The van der Waals surface area contributed by atoms with Crippen molar-refractivity contribution in [2.45, 2.75) is 0 Å². The number of anilines is 1. The van der Waals surface area contributed by atoms with Crippen LogP contribution in [0, 0.1) is 0 Å². The topological polar surface area (TPSA) is 84.9 Å². The predicted octanol–water partition coefficient (Wildman–Crippen LogP) is 3.72. The van der Waals surface area contributed by atoms with Gasteiger partial charge in [-0.05, 0) is 36.4 Å². The summed E-state index contributed by atoms with van der Waals surface area (Å²) in [6.45, 7) is -0.299. The van der Waals surface area contributed by atoms with Crippen molar-refractivity contribution in [3.8, 4) is 11.5 Å². The smallest absolute Gasteiger partial charge is 0.335 e. The summed E-state index contributed by atoms with van der Waals surface area (Å²) in [5, 5.41) is 12.3. The highest BCUT2D eigenvalue weighted by atomic mass is 35.5. The minimum atomic E-state index is -1.09. The zero-order chi connectivity index (χ0) is 17.7. The number of amides is 1. The third-order valence-electron chi connectivity index (χ3n) is 2.92. The van der Waals surface area contributed by atoms with Crippen molar-refractivity contribution >= 4 is 40.8 Å². The Morgan fingerprint density at radius 2 is 1.75 bits per heavy atom. The Morgan fingerprint density at radius 1 is 1.08 bits per heavy atom. The van der Waals surface area contributed by atoms with E-state index < -0.39 is 11.9 Å². The van der Waals surface area contributed by atoms with Gasteiger partial charge in [-0.2, -0.15) is 0 Å². The summed E-state index contributed by atoms with van der Waals surface area (Å²) in [6, 6.07) is 8.73. The van der Waals surface area contributed by atoms with Gasteiger partial charge in [-0.1, -0.05) is 23.2 Å². The molecule has 0 radical (unpaired) electrons. The number of nitrogens with one attached hydrogen (secondary N) is 1. The van der Waals surface area contributed by atoms with Gasteiger partial charge in [0.25, 0.3) is 5.91 Å². The molecule has 0 unspecified atom stereocenters. The lowest BCUT2D eigenvalue weighted by Crippen LogP contribution is -2.20. The maximum absolute atomic E-state index is 11.9. The number of rotatable bonds is 6. The highest BCUT2D eigenvalue weighted by Crippen LogP contribution is 2.28. The third kappa shape index (κ3) is 4.78. The molecule has 2 aromatic carbocycles. The van der Waals surface area contributed by atoms with E-state index in [1.54, 1.807) is 18.2 Å². The molecule has 0 heterocycles. The molecule has 0 aliphatic carbocycles. The highest BCUT2D eigenvalue weighted by molar-refractivity contribution is 6.35. The van der Waals surface area contributed by atoms with E-state index in [0.29, 0.717) is 15.7 Å². The molecule has 0 spiro atoms. The van der Waals surface area contributed by atoms with Gasteiger partial charge in [0.1, 0.15) is 0 Å². The fourth-order valence-electron chi connectivity index (χ4n) is 1.89. The largest absolute Gasteiger partial charge is 0.493 e. The summed E-state index contributed by atoms with van der Waals surface area (Å²) in [7, 11) is 1.38. The minimum absolute atomic E-state index is 0.0530. The summed E-state index contributed by atoms with van der Waals surface area (Å²) >= 11 is 11.7. The van der Waals surface area contributed by atoms with Crippen LogP contribution in [0.5, 0.6) is 11.5 Å². The van der Waals surface area contributed by atoms with E-state index in [1.165, 1.54) is 25.3 Å². The molecule has 6 nitrogen and oxygen atoms in total. The molecule has 0 fully saturated rings. The highest BCUT2D eigenvalue weighted by Gasteiger charge is 2.12. The number of carboxylic acids is 1. The van der Waals surface area contributed by atoms with E-state index >= 15 is 0 Å². The van der Waals surface area contributed by atoms with Gasteiger partial charge in [0.2, 0.25) is 0 Å². The van der Waals surface area contributed by atoms with Gasteiger partial charge in [-0.3, -0.25) is 4.79 Å². The van der Waals surface area contributed by atoms with Gasteiger partial charge in [0.15, 0.2) is 18.1 Å². The second-order valence-electron chi connectivity index (χ2n) is 4.67. The van der Waals surface area contributed by atoms with E-state index in [4.69, 9.17) is 37.8 Å². The summed E-state index contributed by atoms with van der Waals surface area (Å²) in [6.07, 6.45) is 0. The number of carbonyl (C=O) groups excluding carboxylic acids is 1. The van der Waals surface area contributed by atoms with E-state index in [2.05, 4.69) is 5.32 Å². The normalized spacial score (nSPS) is 10.1. The van der Waals surface area contributed by atoms with Gasteiger partial charge in [0, 0.05) is 15.7 Å². The Bertz CT molecular complexity index is 759. The standard InChI is InChI=1S/C16H13Cl2NO5/c1-23-14-4-9(16(21)22)2-3-13(14)24-8-15(20)19-12-6-10(17)5-11(18)7-12/h2-7H,8H2,1H3,(H,19,20)(H,21,22). The van der Waals surface area contributed by atoms with Crippen LogP contribution in [0.15, 0.2) is 36.4 Å². The van der Waals surface area contributed by atoms with Crippen LogP contribution in [0.3, 0.4) is 0 Å². The first-order valence-electron chi connectivity index (χ1n) is 6.69. The van der Waals surface area contributed by atoms with Crippen molar-refractivity contribution in [1.82, 2.24) is 0 Å². The van der Waals surface area contributed by atoms with Gasteiger partial charge >= 0.3 is 5.97 Å². The zero-order valence-corrected chi connectivity index (χ0v) is 14.0.